The second-order valence-electron chi connectivity index (χ2n) is 5.35. The SMILES string of the molecule is Cc1coc2ccc(S(=O)(=O)NCCc3cccc(Br)c3)cc12. The Labute approximate surface area is 143 Å². The molecule has 0 fully saturated rings. The number of hydrogen-bond donors (Lipinski definition) is 1. The Balaban J connectivity index is 1.73. The second kappa shape index (κ2) is 6.47. The molecule has 0 unspecified atom stereocenters. The van der Waals surface area contributed by atoms with E-state index in [0.717, 1.165) is 21.0 Å². The Bertz CT molecular complexity index is 947. The third kappa shape index (κ3) is 3.65. The summed E-state index contributed by atoms with van der Waals surface area (Å²) < 4.78 is 33.8. The maximum atomic E-state index is 12.4. The van der Waals surface area contributed by atoms with Gasteiger partial charge in [0, 0.05) is 16.4 Å². The molecule has 120 valence electrons. The van der Waals surface area contributed by atoms with Crippen LogP contribution in [0.3, 0.4) is 0 Å². The van der Waals surface area contributed by atoms with Crippen molar-refractivity contribution in [1.29, 1.82) is 0 Å². The second-order valence-corrected chi connectivity index (χ2v) is 8.04. The van der Waals surface area contributed by atoms with E-state index in [1.54, 1.807) is 24.5 Å². The number of sulfonamides is 1. The summed E-state index contributed by atoms with van der Waals surface area (Å²) in [6.07, 6.45) is 2.26. The molecule has 1 heterocycles. The molecule has 2 aromatic carbocycles. The molecule has 0 bridgehead atoms. The number of hydrogen-bond acceptors (Lipinski definition) is 3. The van der Waals surface area contributed by atoms with E-state index in [2.05, 4.69) is 20.7 Å². The zero-order valence-corrected chi connectivity index (χ0v) is 14.9. The lowest BCUT2D eigenvalue weighted by molar-refractivity contribution is 0.581. The van der Waals surface area contributed by atoms with E-state index in [1.165, 1.54) is 0 Å². The van der Waals surface area contributed by atoms with Gasteiger partial charge in [-0.05, 0) is 54.8 Å². The van der Waals surface area contributed by atoms with Crippen LogP contribution in [0.15, 0.2) is 62.5 Å². The Morgan fingerprint density at radius 2 is 2.00 bits per heavy atom. The molecule has 3 rings (SSSR count). The highest BCUT2D eigenvalue weighted by Gasteiger charge is 2.15. The minimum atomic E-state index is -3.53. The molecule has 0 saturated carbocycles. The van der Waals surface area contributed by atoms with Gasteiger partial charge in [-0.25, -0.2) is 13.1 Å². The van der Waals surface area contributed by atoms with Gasteiger partial charge in [-0.1, -0.05) is 28.1 Å². The summed E-state index contributed by atoms with van der Waals surface area (Å²) in [6, 6.07) is 12.7. The van der Waals surface area contributed by atoms with Crippen LogP contribution in [0.4, 0.5) is 0 Å². The first kappa shape index (κ1) is 16.2. The smallest absolute Gasteiger partial charge is 0.240 e. The number of rotatable bonds is 5. The van der Waals surface area contributed by atoms with Crippen LogP contribution < -0.4 is 4.72 Å². The van der Waals surface area contributed by atoms with Gasteiger partial charge in [-0.15, -0.1) is 0 Å². The first-order valence-corrected chi connectivity index (χ1v) is 9.45. The molecule has 23 heavy (non-hydrogen) atoms. The van der Waals surface area contributed by atoms with Crippen LogP contribution in [0.1, 0.15) is 11.1 Å². The first-order valence-electron chi connectivity index (χ1n) is 7.18. The maximum Gasteiger partial charge on any atom is 0.240 e. The fraction of sp³-hybridized carbons (Fsp3) is 0.176. The lowest BCUT2D eigenvalue weighted by Crippen LogP contribution is -2.26. The molecule has 0 amide bonds. The molecule has 0 spiro atoms. The molecule has 0 saturated heterocycles. The minimum Gasteiger partial charge on any atom is -0.464 e. The Morgan fingerprint density at radius 3 is 2.78 bits per heavy atom. The average molecular weight is 394 g/mol. The molecule has 0 aliphatic heterocycles. The molecule has 4 nitrogen and oxygen atoms in total. The topological polar surface area (TPSA) is 59.3 Å². The molecular formula is C17H16BrNO3S. The van der Waals surface area contributed by atoms with Gasteiger partial charge in [0.1, 0.15) is 5.58 Å². The number of furan rings is 1. The standard InChI is InChI=1S/C17H16BrNO3S/c1-12-11-22-17-6-5-15(10-16(12)17)23(20,21)19-8-7-13-3-2-4-14(18)9-13/h2-6,9-11,19H,7-8H2,1H3. The van der Waals surface area contributed by atoms with Crippen molar-refractivity contribution in [1.82, 2.24) is 4.72 Å². The quantitative estimate of drug-likeness (QED) is 0.711. The van der Waals surface area contributed by atoms with Gasteiger partial charge in [0.2, 0.25) is 10.0 Å². The molecule has 1 N–H and O–H groups in total. The van der Waals surface area contributed by atoms with Crippen molar-refractivity contribution in [2.24, 2.45) is 0 Å². The number of nitrogens with one attached hydrogen (secondary N) is 1. The maximum absolute atomic E-state index is 12.4. The number of aryl methyl sites for hydroxylation is 1. The summed E-state index contributed by atoms with van der Waals surface area (Å²) in [4.78, 5) is 0.253. The van der Waals surface area contributed by atoms with E-state index in [1.807, 2.05) is 31.2 Å². The molecule has 3 aromatic rings. The highest BCUT2D eigenvalue weighted by molar-refractivity contribution is 9.10. The zero-order chi connectivity index (χ0) is 16.4. The monoisotopic (exact) mass is 393 g/mol. The third-order valence-electron chi connectivity index (χ3n) is 3.64. The number of halogens is 1. The summed E-state index contributed by atoms with van der Waals surface area (Å²) in [7, 11) is -3.53. The Morgan fingerprint density at radius 1 is 1.17 bits per heavy atom. The fourth-order valence-corrected chi connectivity index (χ4v) is 3.91. The summed E-state index contributed by atoms with van der Waals surface area (Å²) >= 11 is 3.41. The van der Waals surface area contributed by atoms with Crippen LogP contribution in [0.5, 0.6) is 0 Å². The Kier molecular flexibility index (Phi) is 4.57. The predicted molar refractivity (Wildman–Crippen MR) is 94.0 cm³/mol. The number of fused-ring (bicyclic) bond motifs is 1. The summed E-state index contributed by atoms with van der Waals surface area (Å²) in [5.41, 5.74) is 2.69. The van der Waals surface area contributed by atoms with Crippen molar-refractivity contribution in [2.75, 3.05) is 6.54 Å². The van der Waals surface area contributed by atoms with Crippen LogP contribution in [0, 0.1) is 6.92 Å². The van der Waals surface area contributed by atoms with Crippen LogP contribution in [0.2, 0.25) is 0 Å². The van der Waals surface area contributed by atoms with Gasteiger partial charge >= 0.3 is 0 Å². The van der Waals surface area contributed by atoms with E-state index in [0.29, 0.717) is 18.5 Å². The van der Waals surface area contributed by atoms with Crippen LogP contribution in [0.25, 0.3) is 11.0 Å². The lowest BCUT2D eigenvalue weighted by atomic mass is 10.2. The highest BCUT2D eigenvalue weighted by atomic mass is 79.9. The molecule has 0 radical (unpaired) electrons. The average Bonchev–Trinajstić information content (AvgIpc) is 2.88. The minimum absolute atomic E-state index is 0.253. The van der Waals surface area contributed by atoms with Crippen molar-refractivity contribution in [3.63, 3.8) is 0 Å². The van der Waals surface area contributed by atoms with Crippen molar-refractivity contribution in [3.05, 3.63) is 64.3 Å². The van der Waals surface area contributed by atoms with E-state index in [-0.39, 0.29) is 4.90 Å². The largest absolute Gasteiger partial charge is 0.464 e. The van der Waals surface area contributed by atoms with Crippen molar-refractivity contribution >= 4 is 36.9 Å². The fourth-order valence-electron chi connectivity index (χ4n) is 2.41. The predicted octanol–water partition coefficient (Wildman–Crippen LogP) is 4.02. The summed E-state index contributed by atoms with van der Waals surface area (Å²) in [5.74, 6) is 0. The Hall–Kier alpha value is -1.63. The van der Waals surface area contributed by atoms with E-state index in [4.69, 9.17) is 4.42 Å². The van der Waals surface area contributed by atoms with Gasteiger partial charge in [0.15, 0.2) is 0 Å². The molecule has 0 aliphatic rings. The van der Waals surface area contributed by atoms with E-state index in [9.17, 15) is 8.42 Å². The van der Waals surface area contributed by atoms with Crippen LogP contribution in [-0.2, 0) is 16.4 Å². The molecule has 0 atom stereocenters. The van der Waals surface area contributed by atoms with Crippen molar-refractivity contribution in [3.8, 4) is 0 Å². The molecule has 6 heteroatoms. The van der Waals surface area contributed by atoms with E-state index >= 15 is 0 Å². The van der Waals surface area contributed by atoms with Gasteiger partial charge in [0.25, 0.3) is 0 Å². The molecular weight excluding hydrogens is 378 g/mol. The van der Waals surface area contributed by atoms with Crippen molar-refractivity contribution < 1.29 is 12.8 Å². The highest BCUT2D eigenvalue weighted by Crippen LogP contribution is 2.23. The van der Waals surface area contributed by atoms with Crippen LogP contribution in [-0.4, -0.2) is 15.0 Å². The third-order valence-corrected chi connectivity index (χ3v) is 5.60. The van der Waals surface area contributed by atoms with Gasteiger partial charge in [-0.3, -0.25) is 0 Å². The summed E-state index contributed by atoms with van der Waals surface area (Å²) in [6.45, 7) is 2.24. The van der Waals surface area contributed by atoms with Crippen LogP contribution >= 0.6 is 15.9 Å². The lowest BCUT2D eigenvalue weighted by Gasteiger charge is -2.07. The zero-order valence-electron chi connectivity index (χ0n) is 12.5. The van der Waals surface area contributed by atoms with Gasteiger partial charge < -0.3 is 4.42 Å². The molecule has 1 aromatic heterocycles. The normalized spacial score (nSPS) is 11.9. The van der Waals surface area contributed by atoms with Gasteiger partial charge in [-0.2, -0.15) is 0 Å². The number of benzene rings is 2. The summed E-state index contributed by atoms with van der Waals surface area (Å²) in [5, 5.41) is 0.819. The first-order chi connectivity index (χ1) is 11.0. The van der Waals surface area contributed by atoms with E-state index < -0.39 is 10.0 Å². The van der Waals surface area contributed by atoms with Gasteiger partial charge in [0.05, 0.1) is 11.2 Å². The molecule has 0 aliphatic carbocycles. The van der Waals surface area contributed by atoms with Crippen molar-refractivity contribution in [2.45, 2.75) is 18.2 Å².